The van der Waals surface area contributed by atoms with E-state index in [9.17, 15) is 0 Å². The molecule has 1 atom stereocenters. The zero-order valence-corrected chi connectivity index (χ0v) is 13.5. The molecular weight excluding hydrogens is 306 g/mol. The lowest BCUT2D eigenvalue weighted by atomic mass is 10.1. The highest BCUT2D eigenvalue weighted by atomic mass is 32.1. The van der Waals surface area contributed by atoms with Crippen molar-refractivity contribution in [1.82, 2.24) is 9.97 Å². The van der Waals surface area contributed by atoms with Gasteiger partial charge >= 0.3 is 0 Å². The van der Waals surface area contributed by atoms with Crippen LogP contribution >= 0.6 is 12.2 Å². The number of ether oxygens (including phenoxy) is 1. The summed E-state index contributed by atoms with van der Waals surface area (Å²) in [7, 11) is 0. The molecule has 0 N–H and O–H groups in total. The van der Waals surface area contributed by atoms with Crippen LogP contribution in [0.3, 0.4) is 0 Å². The number of rotatable bonds is 1. The zero-order valence-electron chi connectivity index (χ0n) is 12.6. The van der Waals surface area contributed by atoms with Crippen LogP contribution in [0.4, 0.5) is 5.69 Å². The van der Waals surface area contributed by atoms with Crippen LogP contribution in [0, 0.1) is 0 Å². The average Bonchev–Trinajstić information content (AvgIpc) is 2.90. The van der Waals surface area contributed by atoms with Crippen molar-refractivity contribution in [3.8, 4) is 5.75 Å². The molecule has 1 aliphatic heterocycles. The van der Waals surface area contributed by atoms with E-state index >= 15 is 0 Å². The van der Waals surface area contributed by atoms with Gasteiger partial charge < -0.3 is 4.74 Å². The van der Waals surface area contributed by atoms with Gasteiger partial charge in [0.15, 0.2) is 0 Å². The first-order valence-electron chi connectivity index (χ1n) is 7.52. The van der Waals surface area contributed by atoms with Crippen molar-refractivity contribution < 1.29 is 4.74 Å². The fourth-order valence-electron chi connectivity index (χ4n) is 3.00. The molecule has 1 aromatic heterocycles. The van der Waals surface area contributed by atoms with Gasteiger partial charge in [-0.3, -0.25) is 14.9 Å². The monoisotopic (exact) mass is 321 g/mol. The van der Waals surface area contributed by atoms with Crippen molar-refractivity contribution in [3.05, 3.63) is 60.4 Å². The van der Waals surface area contributed by atoms with Crippen LogP contribution in [0.1, 0.15) is 12.5 Å². The maximum atomic E-state index is 5.92. The van der Waals surface area contributed by atoms with Gasteiger partial charge in [-0.05, 0) is 49.3 Å². The number of anilines is 1. The summed E-state index contributed by atoms with van der Waals surface area (Å²) in [5.41, 5.74) is 4.06. The predicted octanol–water partition coefficient (Wildman–Crippen LogP) is 3.74. The number of thiocarbonyl (C=S) groups is 1. The topological polar surface area (TPSA) is 38.2 Å². The number of hydrogen-bond acceptors (Lipinski definition) is 4. The second kappa shape index (κ2) is 5.59. The van der Waals surface area contributed by atoms with Gasteiger partial charge in [0.1, 0.15) is 5.75 Å². The summed E-state index contributed by atoms with van der Waals surface area (Å²) in [6.45, 7) is 2.15. The molecule has 4 rings (SSSR count). The van der Waals surface area contributed by atoms with Gasteiger partial charge in [-0.15, -0.1) is 0 Å². The Morgan fingerprint density at radius 2 is 1.91 bits per heavy atom. The molecule has 0 amide bonds. The first-order valence-corrected chi connectivity index (χ1v) is 7.93. The van der Waals surface area contributed by atoms with Gasteiger partial charge in [-0.1, -0.05) is 18.2 Å². The molecular formula is C18H15N3OS. The summed E-state index contributed by atoms with van der Waals surface area (Å²) in [6.07, 6.45) is 4.32. The first kappa shape index (κ1) is 14.1. The molecule has 0 saturated carbocycles. The predicted molar refractivity (Wildman–Crippen MR) is 94.9 cm³/mol. The third-order valence-electron chi connectivity index (χ3n) is 4.05. The van der Waals surface area contributed by atoms with Crippen molar-refractivity contribution in [1.29, 1.82) is 0 Å². The summed E-state index contributed by atoms with van der Waals surface area (Å²) >= 11 is 5.54. The maximum Gasteiger partial charge on any atom is 0.269 e. The molecule has 114 valence electrons. The summed E-state index contributed by atoms with van der Waals surface area (Å²) in [5.74, 6) is 0.680. The van der Waals surface area contributed by atoms with E-state index in [2.05, 4.69) is 40.0 Å². The molecule has 2 aromatic carbocycles. The number of hydrogen-bond donors (Lipinski definition) is 0. The number of nitrogens with zero attached hydrogens (tertiary/aromatic N) is 3. The minimum atomic E-state index is 0.292. The van der Waals surface area contributed by atoms with Crippen LogP contribution in [0.25, 0.3) is 11.0 Å². The summed E-state index contributed by atoms with van der Waals surface area (Å²) in [6, 6.07) is 14.2. The quantitative estimate of drug-likeness (QED) is 0.638. The van der Waals surface area contributed by atoms with E-state index in [4.69, 9.17) is 17.0 Å². The molecule has 5 heteroatoms. The van der Waals surface area contributed by atoms with Crippen LogP contribution in [0.15, 0.2) is 54.9 Å². The Hall–Kier alpha value is -2.53. The molecule has 0 saturated heterocycles. The van der Waals surface area contributed by atoms with E-state index in [1.54, 1.807) is 12.4 Å². The Labute approximate surface area is 139 Å². The number of para-hydroxylation sites is 1. The van der Waals surface area contributed by atoms with Gasteiger partial charge in [-0.25, -0.2) is 0 Å². The SMILES string of the molecule is C[C@H]1Cc2ccccc2N1C(=S)Oc1ccc2nccnc2c1. The Kier molecular flexibility index (Phi) is 3.42. The van der Waals surface area contributed by atoms with Crippen LogP contribution in [-0.2, 0) is 6.42 Å². The molecule has 0 bridgehead atoms. The molecule has 2 heterocycles. The first-order chi connectivity index (χ1) is 11.2. The minimum Gasteiger partial charge on any atom is -0.431 e. The van der Waals surface area contributed by atoms with Crippen LogP contribution < -0.4 is 9.64 Å². The van der Waals surface area contributed by atoms with E-state index in [0.717, 1.165) is 23.1 Å². The Morgan fingerprint density at radius 1 is 1.13 bits per heavy atom. The van der Waals surface area contributed by atoms with Gasteiger partial charge in [0.2, 0.25) is 0 Å². The second-order valence-corrected chi connectivity index (χ2v) is 5.98. The molecule has 0 spiro atoms. The summed E-state index contributed by atoms with van der Waals surface area (Å²) in [4.78, 5) is 10.6. The minimum absolute atomic E-state index is 0.292. The Balaban J connectivity index is 1.62. The molecule has 4 nitrogen and oxygen atoms in total. The summed E-state index contributed by atoms with van der Waals surface area (Å²) in [5, 5.41) is 0.464. The van der Waals surface area contributed by atoms with Crippen molar-refractivity contribution in [2.24, 2.45) is 0 Å². The van der Waals surface area contributed by atoms with Gasteiger partial charge in [0, 0.05) is 30.2 Å². The fraction of sp³-hybridized carbons (Fsp3) is 0.167. The van der Waals surface area contributed by atoms with E-state index in [1.165, 1.54) is 5.56 Å². The molecule has 0 fully saturated rings. The largest absolute Gasteiger partial charge is 0.431 e. The highest BCUT2D eigenvalue weighted by Crippen LogP contribution is 2.32. The third kappa shape index (κ3) is 2.53. The van der Waals surface area contributed by atoms with Crippen molar-refractivity contribution in [3.63, 3.8) is 0 Å². The molecule has 0 radical (unpaired) electrons. The lowest BCUT2D eigenvalue weighted by Gasteiger charge is -2.24. The third-order valence-corrected chi connectivity index (χ3v) is 4.33. The van der Waals surface area contributed by atoms with Gasteiger partial charge in [0.05, 0.1) is 11.0 Å². The molecule has 1 aliphatic rings. The van der Waals surface area contributed by atoms with Gasteiger partial charge in [-0.2, -0.15) is 0 Å². The fourth-order valence-corrected chi connectivity index (χ4v) is 3.37. The standard InChI is InChI=1S/C18H15N3OS/c1-12-10-13-4-2-3-5-17(13)21(12)18(23)22-14-6-7-15-16(11-14)20-9-8-19-15/h2-9,11-12H,10H2,1H3/t12-/m0/s1. The van der Waals surface area contributed by atoms with Crippen molar-refractivity contribution in [2.75, 3.05) is 4.90 Å². The smallest absolute Gasteiger partial charge is 0.269 e. The molecule has 23 heavy (non-hydrogen) atoms. The second-order valence-electron chi connectivity index (χ2n) is 5.63. The lowest BCUT2D eigenvalue weighted by Crippen LogP contribution is -2.37. The molecule has 3 aromatic rings. The summed E-state index contributed by atoms with van der Waals surface area (Å²) < 4.78 is 5.92. The molecule has 0 unspecified atom stereocenters. The highest BCUT2D eigenvalue weighted by molar-refractivity contribution is 7.80. The normalized spacial score (nSPS) is 16.4. The van der Waals surface area contributed by atoms with Crippen LogP contribution in [0.5, 0.6) is 5.75 Å². The van der Waals surface area contributed by atoms with E-state index in [-0.39, 0.29) is 0 Å². The van der Waals surface area contributed by atoms with Gasteiger partial charge in [0.25, 0.3) is 5.17 Å². The van der Waals surface area contributed by atoms with Crippen LogP contribution in [-0.4, -0.2) is 21.2 Å². The highest BCUT2D eigenvalue weighted by Gasteiger charge is 2.29. The van der Waals surface area contributed by atoms with E-state index in [0.29, 0.717) is 17.0 Å². The Bertz CT molecular complexity index is 896. The number of fused-ring (bicyclic) bond motifs is 2. The van der Waals surface area contributed by atoms with Crippen molar-refractivity contribution >= 4 is 34.1 Å². The number of aromatic nitrogens is 2. The molecule has 0 aliphatic carbocycles. The van der Waals surface area contributed by atoms with E-state index < -0.39 is 0 Å². The van der Waals surface area contributed by atoms with E-state index in [1.807, 2.05) is 24.3 Å². The number of benzene rings is 2. The van der Waals surface area contributed by atoms with Crippen molar-refractivity contribution in [2.45, 2.75) is 19.4 Å². The maximum absolute atomic E-state index is 5.92. The lowest BCUT2D eigenvalue weighted by molar-refractivity contribution is 0.538. The zero-order chi connectivity index (χ0) is 15.8. The average molecular weight is 321 g/mol. The van der Waals surface area contributed by atoms with Crippen LogP contribution in [0.2, 0.25) is 0 Å². The Morgan fingerprint density at radius 3 is 2.78 bits per heavy atom.